The minimum Gasteiger partial charge on any atom is -0.348 e. The standard InChI is InChI=1S/C19H25ClN4O/c1-13-10-11-16(12-17(13)20)24-14(2)18(22-23-24)19(25)21-15-8-6-4-3-5-7-9-15/h10-12,15H,3-9H2,1-2H3,(H,21,25). The lowest BCUT2D eigenvalue weighted by Gasteiger charge is -2.20. The number of carbonyl (C=O) groups excluding carboxylic acids is 1. The molecule has 0 bridgehead atoms. The maximum Gasteiger partial charge on any atom is 0.273 e. The summed E-state index contributed by atoms with van der Waals surface area (Å²) in [6.45, 7) is 3.81. The van der Waals surface area contributed by atoms with Crippen molar-refractivity contribution in [3.05, 3.63) is 40.2 Å². The summed E-state index contributed by atoms with van der Waals surface area (Å²) >= 11 is 6.20. The van der Waals surface area contributed by atoms with Crippen LogP contribution in [-0.4, -0.2) is 26.9 Å². The molecule has 2 aromatic rings. The largest absolute Gasteiger partial charge is 0.348 e. The van der Waals surface area contributed by atoms with Gasteiger partial charge in [-0.1, -0.05) is 55.0 Å². The SMILES string of the molecule is Cc1ccc(-n2nnc(C(=O)NC3CCCCCCC3)c2C)cc1Cl. The Bertz CT molecular complexity index is 748. The molecule has 3 rings (SSSR count). The molecule has 5 nitrogen and oxygen atoms in total. The number of hydrogen-bond acceptors (Lipinski definition) is 3. The van der Waals surface area contributed by atoms with E-state index in [0.717, 1.165) is 29.8 Å². The molecule has 1 N–H and O–H groups in total. The molecule has 1 aliphatic rings. The Balaban J connectivity index is 1.75. The Kier molecular flexibility index (Phi) is 5.74. The molecule has 6 heteroatoms. The molecular formula is C19H25ClN4O. The van der Waals surface area contributed by atoms with Crippen LogP contribution in [0.1, 0.15) is 66.7 Å². The van der Waals surface area contributed by atoms with Crippen molar-refractivity contribution in [3.63, 3.8) is 0 Å². The third-order valence-electron chi connectivity index (χ3n) is 4.95. The average molecular weight is 361 g/mol. The first kappa shape index (κ1) is 17.9. The van der Waals surface area contributed by atoms with Gasteiger partial charge in [-0.15, -0.1) is 5.10 Å². The van der Waals surface area contributed by atoms with E-state index in [1.165, 1.54) is 32.1 Å². The third kappa shape index (κ3) is 4.21. The van der Waals surface area contributed by atoms with Crippen LogP contribution in [0.5, 0.6) is 0 Å². The lowest BCUT2D eigenvalue weighted by molar-refractivity contribution is 0.0924. The van der Waals surface area contributed by atoms with Gasteiger partial charge >= 0.3 is 0 Å². The quantitative estimate of drug-likeness (QED) is 0.883. The Morgan fingerprint density at radius 1 is 1.16 bits per heavy atom. The van der Waals surface area contributed by atoms with Crippen molar-refractivity contribution in [1.29, 1.82) is 0 Å². The average Bonchev–Trinajstić information content (AvgIpc) is 2.94. The van der Waals surface area contributed by atoms with E-state index in [1.54, 1.807) is 4.68 Å². The molecule has 134 valence electrons. The first-order valence-corrected chi connectivity index (χ1v) is 9.44. The topological polar surface area (TPSA) is 59.8 Å². The number of aryl methyl sites for hydroxylation is 1. The fourth-order valence-corrected chi connectivity index (χ4v) is 3.53. The van der Waals surface area contributed by atoms with Crippen LogP contribution < -0.4 is 5.32 Å². The van der Waals surface area contributed by atoms with Gasteiger partial charge in [-0.3, -0.25) is 4.79 Å². The number of hydrogen-bond donors (Lipinski definition) is 1. The van der Waals surface area contributed by atoms with Gasteiger partial charge in [0.25, 0.3) is 5.91 Å². The van der Waals surface area contributed by atoms with Crippen molar-refractivity contribution < 1.29 is 4.79 Å². The van der Waals surface area contributed by atoms with Crippen LogP contribution in [0.2, 0.25) is 5.02 Å². The van der Waals surface area contributed by atoms with Gasteiger partial charge in [0.15, 0.2) is 5.69 Å². The molecule has 0 aliphatic heterocycles. The minimum absolute atomic E-state index is 0.132. The van der Waals surface area contributed by atoms with Crippen molar-refractivity contribution in [2.24, 2.45) is 0 Å². The second-order valence-electron chi connectivity index (χ2n) is 6.88. The normalized spacial score (nSPS) is 16.3. The van der Waals surface area contributed by atoms with Crippen LogP contribution in [0, 0.1) is 13.8 Å². The monoisotopic (exact) mass is 360 g/mol. The fourth-order valence-electron chi connectivity index (χ4n) is 3.35. The van der Waals surface area contributed by atoms with Crippen molar-refractivity contribution >= 4 is 17.5 Å². The Morgan fingerprint density at radius 2 is 1.84 bits per heavy atom. The summed E-state index contributed by atoms with van der Waals surface area (Å²) in [6, 6.07) is 5.95. The maximum atomic E-state index is 12.6. The first-order chi connectivity index (χ1) is 12.1. The number of halogens is 1. The number of rotatable bonds is 3. The molecule has 0 spiro atoms. The van der Waals surface area contributed by atoms with Gasteiger partial charge in [0.05, 0.1) is 11.4 Å². The highest BCUT2D eigenvalue weighted by Gasteiger charge is 2.21. The molecule has 0 radical (unpaired) electrons. The summed E-state index contributed by atoms with van der Waals surface area (Å²) in [5.41, 5.74) is 2.93. The van der Waals surface area contributed by atoms with Gasteiger partial charge in [0.1, 0.15) is 0 Å². The summed E-state index contributed by atoms with van der Waals surface area (Å²) in [5.74, 6) is -0.132. The number of nitrogens with zero attached hydrogens (tertiary/aromatic N) is 3. The lowest BCUT2D eigenvalue weighted by Crippen LogP contribution is -2.35. The molecule has 0 atom stereocenters. The zero-order valence-electron chi connectivity index (χ0n) is 14.9. The van der Waals surface area contributed by atoms with Gasteiger partial charge in [0, 0.05) is 11.1 Å². The molecule has 1 amide bonds. The van der Waals surface area contributed by atoms with Gasteiger partial charge in [-0.2, -0.15) is 0 Å². The van der Waals surface area contributed by atoms with Crippen LogP contribution in [0.4, 0.5) is 0 Å². The molecule has 1 saturated carbocycles. The zero-order chi connectivity index (χ0) is 17.8. The molecule has 1 aromatic heterocycles. The molecule has 1 aromatic carbocycles. The summed E-state index contributed by atoms with van der Waals surface area (Å²) in [4.78, 5) is 12.6. The molecule has 0 saturated heterocycles. The predicted octanol–water partition coefficient (Wildman–Crippen LogP) is 4.38. The predicted molar refractivity (Wildman–Crippen MR) is 99.4 cm³/mol. The Hall–Kier alpha value is -1.88. The minimum atomic E-state index is -0.132. The highest BCUT2D eigenvalue weighted by Crippen LogP contribution is 2.21. The van der Waals surface area contributed by atoms with Gasteiger partial charge in [0.2, 0.25) is 0 Å². The first-order valence-electron chi connectivity index (χ1n) is 9.06. The highest BCUT2D eigenvalue weighted by molar-refractivity contribution is 6.31. The van der Waals surface area contributed by atoms with E-state index in [0.29, 0.717) is 10.7 Å². The van der Waals surface area contributed by atoms with E-state index in [9.17, 15) is 4.79 Å². The maximum absolute atomic E-state index is 12.6. The Labute approximate surface area is 153 Å². The van der Waals surface area contributed by atoms with Crippen LogP contribution in [0.15, 0.2) is 18.2 Å². The van der Waals surface area contributed by atoms with Gasteiger partial charge < -0.3 is 5.32 Å². The second-order valence-corrected chi connectivity index (χ2v) is 7.29. The van der Waals surface area contributed by atoms with Crippen LogP contribution in [0.3, 0.4) is 0 Å². The fraction of sp³-hybridized carbons (Fsp3) is 0.526. The summed E-state index contributed by atoms with van der Waals surface area (Å²) in [6.07, 6.45) is 8.29. The molecular weight excluding hydrogens is 336 g/mol. The Morgan fingerprint density at radius 3 is 2.52 bits per heavy atom. The van der Waals surface area contributed by atoms with E-state index in [-0.39, 0.29) is 11.9 Å². The van der Waals surface area contributed by atoms with Gasteiger partial charge in [-0.25, -0.2) is 4.68 Å². The van der Waals surface area contributed by atoms with E-state index in [1.807, 2.05) is 32.0 Å². The van der Waals surface area contributed by atoms with E-state index >= 15 is 0 Å². The van der Waals surface area contributed by atoms with E-state index in [4.69, 9.17) is 11.6 Å². The summed E-state index contributed by atoms with van der Waals surface area (Å²) in [5, 5.41) is 12.1. The van der Waals surface area contributed by atoms with Crippen LogP contribution in [0.25, 0.3) is 5.69 Å². The van der Waals surface area contributed by atoms with Crippen LogP contribution >= 0.6 is 11.6 Å². The molecule has 1 aliphatic carbocycles. The molecule has 1 heterocycles. The van der Waals surface area contributed by atoms with E-state index in [2.05, 4.69) is 15.6 Å². The van der Waals surface area contributed by atoms with E-state index < -0.39 is 0 Å². The number of amides is 1. The number of carbonyl (C=O) groups is 1. The third-order valence-corrected chi connectivity index (χ3v) is 5.36. The number of nitrogens with one attached hydrogen (secondary N) is 1. The van der Waals surface area contributed by atoms with Crippen molar-refractivity contribution in [3.8, 4) is 5.69 Å². The number of aromatic nitrogens is 3. The smallest absolute Gasteiger partial charge is 0.273 e. The molecule has 25 heavy (non-hydrogen) atoms. The van der Waals surface area contributed by atoms with Crippen LogP contribution in [-0.2, 0) is 0 Å². The molecule has 0 unspecified atom stereocenters. The zero-order valence-corrected chi connectivity index (χ0v) is 15.6. The van der Waals surface area contributed by atoms with Crippen molar-refractivity contribution in [2.45, 2.75) is 64.8 Å². The van der Waals surface area contributed by atoms with Crippen molar-refractivity contribution in [1.82, 2.24) is 20.3 Å². The summed E-state index contributed by atoms with van der Waals surface area (Å²) in [7, 11) is 0. The lowest BCUT2D eigenvalue weighted by atomic mass is 9.96. The highest BCUT2D eigenvalue weighted by atomic mass is 35.5. The summed E-state index contributed by atoms with van der Waals surface area (Å²) < 4.78 is 1.67. The van der Waals surface area contributed by atoms with Gasteiger partial charge in [-0.05, 0) is 44.4 Å². The van der Waals surface area contributed by atoms with Crippen molar-refractivity contribution in [2.75, 3.05) is 0 Å². The molecule has 1 fully saturated rings. The second kappa shape index (κ2) is 8.00. The number of benzene rings is 1.